The molecule has 1 aromatic carbocycles. The molecule has 0 atom stereocenters. The van der Waals surface area contributed by atoms with Gasteiger partial charge < -0.3 is 20.1 Å². The lowest BCUT2D eigenvalue weighted by Gasteiger charge is -2.17. The Morgan fingerprint density at radius 1 is 1.35 bits per heavy atom. The minimum Gasteiger partial charge on any atom is -0.497 e. The summed E-state index contributed by atoms with van der Waals surface area (Å²) >= 11 is 0. The molecular formula is C15H22N2O3. The van der Waals surface area contributed by atoms with Gasteiger partial charge in [-0.15, -0.1) is 0 Å². The van der Waals surface area contributed by atoms with Crippen molar-refractivity contribution in [3.8, 4) is 11.5 Å². The molecule has 1 fully saturated rings. The lowest BCUT2D eigenvalue weighted by atomic mass is 10.1. The number of hydrogen-bond donors (Lipinski definition) is 1. The molecule has 1 saturated heterocycles. The van der Waals surface area contributed by atoms with Crippen LogP contribution in [0.25, 0.3) is 0 Å². The summed E-state index contributed by atoms with van der Waals surface area (Å²) in [5, 5.41) is 0. The van der Waals surface area contributed by atoms with Gasteiger partial charge in [0.25, 0.3) is 5.91 Å². The molecule has 1 aromatic rings. The first kappa shape index (κ1) is 14.7. The molecule has 20 heavy (non-hydrogen) atoms. The van der Waals surface area contributed by atoms with Gasteiger partial charge in [0.2, 0.25) is 0 Å². The van der Waals surface area contributed by atoms with Crippen LogP contribution in [0.2, 0.25) is 0 Å². The van der Waals surface area contributed by atoms with E-state index in [0.717, 1.165) is 43.7 Å². The monoisotopic (exact) mass is 278 g/mol. The molecule has 110 valence electrons. The zero-order valence-electron chi connectivity index (χ0n) is 11.9. The van der Waals surface area contributed by atoms with Crippen molar-refractivity contribution in [1.29, 1.82) is 0 Å². The summed E-state index contributed by atoms with van der Waals surface area (Å²) in [5.41, 5.74) is 6.60. The number of amides is 1. The Morgan fingerprint density at radius 2 is 2.10 bits per heavy atom. The molecule has 5 heteroatoms. The van der Waals surface area contributed by atoms with Crippen LogP contribution in [-0.2, 0) is 11.2 Å². The number of nitrogens with zero attached hydrogens (tertiary/aromatic N) is 1. The van der Waals surface area contributed by atoms with Crippen LogP contribution >= 0.6 is 0 Å². The van der Waals surface area contributed by atoms with E-state index in [1.165, 1.54) is 0 Å². The number of rotatable bonds is 6. The summed E-state index contributed by atoms with van der Waals surface area (Å²) < 4.78 is 10.9. The first-order valence-electron chi connectivity index (χ1n) is 7.02. The Morgan fingerprint density at radius 3 is 2.75 bits per heavy atom. The quantitative estimate of drug-likeness (QED) is 0.849. The maximum absolute atomic E-state index is 12.0. The number of likely N-dealkylation sites (tertiary alicyclic amines) is 1. The third-order valence-electron chi connectivity index (χ3n) is 3.50. The van der Waals surface area contributed by atoms with Gasteiger partial charge >= 0.3 is 0 Å². The Labute approximate surface area is 119 Å². The number of methoxy groups -OCH3 is 1. The van der Waals surface area contributed by atoms with Gasteiger partial charge in [-0.25, -0.2) is 0 Å². The average molecular weight is 278 g/mol. The molecule has 0 radical (unpaired) electrons. The summed E-state index contributed by atoms with van der Waals surface area (Å²) in [5.74, 6) is 1.45. The zero-order chi connectivity index (χ0) is 14.4. The van der Waals surface area contributed by atoms with Gasteiger partial charge in [-0.05, 0) is 37.4 Å². The highest BCUT2D eigenvalue weighted by Crippen LogP contribution is 2.25. The molecule has 1 aliphatic heterocycles. The molecule has 0 spiro atoms. The van der Waals surface area contributed by atoms with Crippen molar-refractivity contribution < 1.29 is 14.3 Å². The van der Waals surface area contributed by atoms with Gasteiger partial charge in [0.1, 0.15) is 11.5 Å². The fourth-order valence-corrected chi connectivity index (χ4v) is 2.36. The van der Waals surface area contributed by atoms with E-state index in [2.05, 4.69) is 0 Å². The normalized spacial score (nSPS) is 14.4. The molecule has 5 nitrogen and oxygen atoms in total. The van der Waals surface area contributed by atoms with Gasteiger partial charge in [0, 0.05) is 19.2 Å². The van der Waals surface area contributed by atoms with Crippen LogP contribution in [0, 0.1) is 0 Å². The van der Waals surface area contributed by atoms with Crippen LogP contribution < -0.4 is 15.2 Å². The van der Waals surface area contributed by atoms with Crippen LogP contribution in [0.5, 0.6) is 11.5 Å². The maximum Gasteiger partial charge on any atom is 0.260 e. The highest BCUT2D eigenvalue weighted by molar-refractivity contribution is 5.78. The molecule has 1 aliphatic rings. The summed E-state index contributed by atoms with van der Waals surface area (Å²) in [6.07, 6.45) is 2.89. The number of ether oxygens (including phenoxy) is 2. The van der Waals surface area contributed by atoms with Gasteiger partial charge in [-0.2, -0.15) is 0 Å². The first-order valence-corrected chi connectivity index (χ1v) is 7.02. The number of carbonyl (C=O) groups is 1. The Balaban J connectivity index is 2.00. The maximum atomic E-state index is 12.0. The van der Waals surface area contributed by atoms with Crippen molar-refractivity contribution in [3.05, 3.63) is 23.8 Å². The molecule has 2 rings (SSSR count). The highest BCUT2D eigenvalue weighted by Gasteiger charge is 2.18. The molecule has 0 bridgehead atoms. The van der Waals surface area contributed by atoms with E-state index in [1.807, 2.05) is 23.1 Å². The standard InChI is InChI=1S/C15H22N2O3/c1-19-13-5-4-12(6-7-16)14(10-13)20-11-15(18)17-8-2-3-9-17/h4-5,10H,2-3,6-9,11,16H2,1H3. The number of benzene rings is 1. The van der Waals surface area contributed by atoms with Crippen LogP contribution in [0.3, 0.4) is 0 Å². The smallest absolute Gasteiger partial charge is 0.260 e. The number of nitrogens with two attached hydrogens (primary N) is 1. The van der Waals surface area contributed by atoms with E-state index in [1.54, 1.807) is 7.11 Å². The molecular weight excluding hydrogens is 256 g/mol. The van der Waals surface area contributed by atoms with Crippen molar-refractivity contribution in [2.45, 2.75) is 19.3 Å². The largest absolute Gasteiger partial charge is 0.497 e. The summed E-state index contributed by atoms with van der Waals surface area (Å²) in [4.78, 5) is 13.8. The van der Waals surface area contributed by atoms with Gasteiger partial charge in [0.05, 0.1) is 7.11 Å². The summed E-state index contributed by atoms with van der Waals surface area (Å²) in [7, 11) is 1.61. The summed E-state index contributed by atoms with van der Waals surface area (Å²) in [6.45, 7) is 2.30. The number of carbonyl (C=O) groups excluding carboxylic acids is 1. The highest BCUT2D eigenvalue weighted by atomic mass is 16.5. The molecule has 1 amide bonds. The Kier molecular flexibility index (Phi) is 5.24. The average Bonchev–Trinajstić information content (AvgIpc) is 3.00. The van der Waals surface area contributed by atoms with Crippen LogP contribution in [-0.4, -0.2) is 44.2 Å². The van der Waals surface area contributed by atoms with Crippen molar-refractivity contribution in [1.82, 2.24) is 4.90 Å². The predicted octanol–water partition coefficient (Wildman–Crippen LogP) is 1.20. The van der Waals surface area contributed by atoms with Crippen molar-refractivity contribution >= 4 is 5.91 Å². The van der Waals surface area contributed by atoms with Crippen molar-refractivity contribution in [2.75, 3.05) is 33.4 Å². The second-order valence-corrected chi connectivity index (χ2v) is 4.89. The van der Waals surface area contributed by atoms with E-state index in [-0.39, 0.29) is 12.5 Å². The van der Waals surface area contributed by atoms with Crippen LogP contribution in [0.15, 0.2) is 18.2 Å². The van der Waals surface area contributed by atoms with E-state index in [9.17, 15) is 4.79 Å². The van der Waals surface area contributed by atoms with E-state index in [4.69, 9.17) is 15.2 Å². The topological polar surface area (TPSA) is 64.8 Å². The minimum absolute atomic E-state index is 0.0454. The predicted molar refractivity (Wildman–Crippen MR) is 77.1 cm³/mol. The molecule has 0 unspecified atom stereocenters. The third-order valence-corrected chi connectivity index (χ3v) is 3.50. The second kappa shape index (κ2) is 7.14. The SMILES string of the molecule is COc1ccc(CCN)c(OCC(=O)N2CCCC2)c1. The Bertz CT molecular complexity index is 456. The molecule has 1 heterocycles. The third kappa shape index (κ3) is 3.63. The van der Waals surface area contributed by atoms with Crippen LogP contribution in [0.4, 0.5) is 0 Å². The van der Waals surface area contributed by atoms with Gasteiger partial charge in [-0.3, -0.25) is 4.79 Å². The van der Waals surface area contributed by atoms with Gasteiger partial charge in [0.15, 0.2) is 6.61 Å². The molecule has 2 N–H and O–H groups in total. The van der Waals surface area contributed by atoms with E-state index >= 15 is 0 Å². The molecule has 0 aliphatic carbocycles. The summed E-state index contributed by atoms with van der Waals surface area (Å²) in [6, 6.07) is 5.61. The van der Waals surface area contributed by atoms with Crippen molar-refractivity contribution in [2.24, 2.45) is 5.73 Å². The Hall–Kier alpha value is -1.75. The van der Waals surface area contributed by atoms with Crippen LogP contribution in [0.1, 0.15) is 18.4 Å². The second-order valence-electron chi connectivity index (χ2n) is 4.89. The zero-order valence-corrected chi connectivity index (χ0v) is 11.9. The minimum atomic E-state index is 0.0454. The fourth-order valence-electron chi connectivity index (χ4n) is 2.36. The lowest BCUT2D eigenvalue weighted by Crippen LogP contribution is -2.32. The van der Waals surface area contributed by atoms with E-state index in [0.29, 0.717) is 12.3 Å². The number of hydrogen-bond acceptors (Lipinski definition) is 4. The molecule has 0 aromatic heterocycles. The first-order chi connectivity index (χ1) is 9.74. The lowest BCUT2D eigenvalue weighted by molar-refractivity contribution is -0.132. The fraction of sp³-hybridized carbons (Fsp3) is 0.533. The van der Waals surface area contributed by atoms with Crippen molar-refractivity contribution in [3.63, 3.8) is 0 Å². The molecule has 0 saturated carbocycles. The van der Waals surface area contributed by atoms with Gasteiger partial charge in [-0.1, -0.05) is 6.07 Å². The van der Waals surface area contributed by atoms with E-state index < -0.39 is 0 Å².